The number of benzene rings is 2. The Morgan fingerprint density at radius 3 is 2.35 bits per heavy atom. The van der Waals surface area contributed by atoms with Crippen LogP contribution in [0.2, 0.25) is 0 Å². The van der Waals surface area contributed by atoms with Gasteiger partial charge in [-0.25, -0.2) is 0 Å². The molecule has 0 radical (unpaired) electrons. The Kier molecular flexibility index (Phi) is 4.87. The maximum atomic E-state index is 10.7. The van der Waals surface area contributed by atoms with Crippen LogP contribution in [0.4, 0.5) is 11.4 Å². The zero-order chi connectivity index (χ0) is 17.0. The van der Waals surface area contributed by atoms with Crippen LogP contribution in [0.5, 0.6) is 5.75 Å². The molecule has 2 rings (SSSR count). The van der Waals surface area contributed by atoms with E-state index in [-0.39, 0.29) is 18.0 Å². The van der Waals surface area contributed by atoms with Crippen LogP contribution in [0.15, 0.2) is 42.5 Å². The van der Waals surface area contributed by atoms with E-state index < -0.39 is 16.0 Å². The quantitative estimate of drug-likeness (QED) is 0.646. The maximum absolute atomic E-state index is 10.7. The highest BCUT2D eigenvalue weighted by Crippen LogP contribution is 2.25. The number of hydrogen-bond donors (Lipinski definition) is 1. The molecule has 0 aliphatic rings. The molecular formula is C15H14N2O6. The highest BCUT2D eigenvalue weighted by atomic mass is 16.6. The molecule has 0 saturated carbocycles. The van der Waals surface area contributed by atoms with Crippen molar-refractivity contribution in [2.75, 3.05) is 6.61 Å². The van der Waals surface area contributed by atoms with Gasteiger partial charge < -0.3 is 9.84 Å². The van der Waals surface area contributed by atoms with E-state index in [0.717, 1.165) is 0 Å². The number of aliphatic hydroxyl groups is 1. The Balaban J connectivity index is 2.07. The van der Waals surface area contributed by atoms with Gasteiger partial charge in [-0.3, -0.25) is 20.2 Å². The van der Waals surface area contributed by atoms with Crippen molar-refractivity contribution in [3.05, 3.63) is 73.8 Å². The molecule has 0 spiro atoms. The third-order valence-corrected chi connectivity index (χ3v) is 3.23. The lowest BCUT2D eigenvalue weighted by Crippen LogP contribution is -2.10. The summed E-state index contributed by atoms with van der Waals surface area (Å²) < 4.78 is 5.45. The highest BCUT2D eigenvalue weighted by molar-refractivity contribution is 5.43. The fourth-order valence-corrected chi connectivity index (χ4v) is 2.02. The van der Waals surface area contributed by atoms with Crippen LogP contribution < -0.4 is 4.74 Å². The SMILES string of the molecule is Cc1cc([N+](=O)[O-])ccc1OCC(O)c1cccc([N+](=O)[O-])c1. The van der Waals surface area contributed by atoms with Crippen molar-refractivity contribution >= 4 is 11.4 Å². The van der Waals surface area contributed by atoms with E-state index in [1.54, 1.807) is 13.0 Å². The van der Waals surface area contributed by atoms with Crippen molar-refractivity contribution in [3.8, 4) is 5.75 Å². The minimum atomic E-state index is -1.05. The van der Waals surface area contributed by atoms with Gasteiger partial charge in [-0.15, -0.1) is 0 Å². The summed E-state index contributed by atoms with van der Waals surface area (Å²) in [6.07, 6.45) is -1.05. The molecule has 2 aromatic rings. The van der Waals surface area contributed by atoms with Crippen molar-refractivity contribution in [1.29, 1.82) is 0 Å². The molecule has 0 bridgehead atoms. The highest BCUT2D eigenvalue weighted by Gasteiger charge is 2.14. The average molecular weight is 318 g/mol. The Bertz CT molecular complexity index is 746. The summed E-state index contributed by atoms with van der Waals surface area (Å²) in [5, 5.41) is 31.5. The molecule has 2 aromatic carbocycles. The predicted octanol–water partition coefficient (Wildman–Crippen LogP) is 2.92. The van der Waals surface area contributed by atoms with Crippen molar-refractivity contribution in [1.82, 2.24) is 0 Å². The molecule has 120 valence electrons. The minimum Gasteiger partial charge on any atom is -0.490 e. The molecule has 0 aliphatic heterocycles. The second-order valence-corrected chi connectivity index (χ2v) is 4.89. The molecule has 1 unspecified atom stereocenters. The predicted molar refractivity (Wildman–Crippen MR) is 81.4 cm³/mol. The van der Waals surface area contributed by atoms with E-state index in [1.807, 2.05) is 0 Å². The van der Waals surface area contributed by atoms with Gasteiger partial charge >= 0.3 is 0 Å². The zero-order valence-corrected chi connectivity index (χ0v) is 12.2. The van der Waals surface area contributed by atoms with E-state index in [4.69, 9.17) is 4.74 Å². The first-order valence-electron chi connectivity index (χ1n) is 6.68. The second kappa shape index (κ2) is 6.84. The van der Waals surface area contributed by atoms with E-state index in [9.17, 15) is 25.3 Å². The number of aliphatic hydroxyl groups excluding tert-OH is 1. The van der Waals surface area contributed by atoms with Gasteiger partial charge in [0.1, 0.15) is 18.5 Å². The van der Waals surface area contributed by atoms with Crippen molar-refractivity contribution in [3.63, 3.8) is 0 Å². The Morgan fingerprint density at radius 2 is 1.74 bits per heavy atom. The van der Waals surface area contributed by atoms with Gasteiger partial charge in [0.2, 0.25) is 0 Å². The van der Waals surface area contributed by atoms with Gasteiger partial charge in [0, 0.05) is 24.3 Å². The summed E-state index contributed by atoms with van der Waals surface area (Å²) in [6, 6.07) is 9.77. The summed E-state index contributed by atoms with van der Waals surface area (Å²) >= 11 is 0. The van der Waals surface area contributed by atoms with Crippen LogP contribution in [0.3, 0.4) is 0 Å². The number of nitro benzene ring substituents is 2. The van der Waals surface area contributed by atoms with Crippen molar-refractivity contribution < 1.29 is 19.7 Å². The molecule has 0 saturated heterocycles. The van der Waals surface area contributed by atoms with E-state index in [2.05, 4.69) is 0 Å². The smallest absolute Gasteiger partial charge is 0.269 e. The molecule has 0 amide bonds. The lowest BCUT2D eigenvalue weighted by molar-refractivity contribution is -0.385. The van der Waals surface area contributed by atoms with Crippen molar-refractivity contribution in [2.45, 2.75) is 13.0 Å². The summed E-state index contributed by atoms with van der Waals surface area (Å²) in [5.74, 6) is 0.403. The Morgan fingerprint density at radius 1 is 1.09 bits per heavy atom. The third kappa shape index (κ3) is 4.01. The average Bonchev–Trinajstić information content (AvgIpc) is 2.53. The molecule has 23 heavy (non-hydrogen) atoms. The maximum Gasteiger partial charge on any atom is 0.269 e. The lowest BCUT2D eigenvalue weighted by atomic mass is 10.1. The first kappa shape index (κ1) is 16.4. The number of hydrogen-bond acceptors (Lipinski definition) is 6. The summed E-state index contributed by atoms with van der Waals surface area (Å²) in [5.41, 5.74) is 0.756. The molecule has 0 aromatic heterocycles. The van der Waals surface area contributed by atoms with Gasteiger partial charge in [-0.1, -0.05) is 12.1 Å². The fourth-order valence-electron chi connectivity index (χ4n) is 2.02. The summed E-state index contributed by atoms with van der Waals surface area (Å²) in [6.45, 7) is 1.53. The molecule has 8 nitrogen and oxygen atoms in total. The molecule has 0 fully saturated rings. The lowest BCUT2D eigenvalue weighted by Gasteiger charge is -2.14. The molecule has 1 N–H and O–H groups in total. The Hall–Kier alpha value is -3.00. The first-order chi connectivity index (χ1) is 10.9. The topological polar surface area (TPSA) is 116 Å². The van der Waals surface area contributed by atoms with Crippen LogP contribution in [-0.2, 0) is 0 Å². The number of non-ortho nitro benzene ring substituents is 2. The summed E-state index contributed by atoms with van der Waals surface area (Å²) in [4.78, 5) is 20.3. The molecule has 0 heterocycles. The third-order valence-electron chi connectivity index (χ3n) is 3.23. The first-order valence-corrected chi connectivity index (χ1v) is 6.68. The summed E-state index contributed by atoms with van der Waals surface area (Å²) in [7, 11) is 0. The molecule has 8 heteroatoms. The van der Waals surface area contributed by atoms with Gasteiger partial charge in [0.05, 0.1) is 9.85 Å². The zero-order valence-electron chi connectivity index (χ0n) is 12.2. The normalized spacial score (nSPS) is 11.7. The largest absolute Gasteiger partial charge is 0.490 e. The minimum absolute atomic E-state index is 0.0471. The van der Waals surface area contributed by atoms with Gasteiger partial charge in [0.25, 0.3) is 11.4 Å². The number of ether oxygens (including phenoxy) is 1. The van der Waals surface area contributed by atoms with Crippen LogP contribution in [-0.4, -0.2) is 21.6 Å². The number of aryl methyl sites for hydroxylation is 1. The van der Waals surface area contributed by atoms with Crippen LogP contribution in [0.1, 0.15) is 17.2 Å². The molecular weight excluding hydrogens is 304 g/mol. The number of nitrogens with zero attached hydrogens (tertiary/aromatic N) is 2. The van der Waals surface area contributed by atoms with Crippen LogP contribution >= 0.6 is 0 Å². The number of rotatable bonds is 6. The molecule has 1 atom stereocenters. The van der Waals surface area contributed by atoms with Crippen LogP contribution in [0, 0.1) is 27.2 Å². The number of nitro groups is 2. The monoisotopic (exact) mass is 318 g/mol. The Labute approximate surface area is 131 Å². The van der Waals surface area contributed by atoms with Gasteiger partial charge in [-0.2, -0.15) is 0 Å². The van der Waals surface area contributed by atoms with Crippen LogP contribution in [0.25, 0.3) is 0 Å². The van der Waals surface area contributed by atoms with Crippen molar-refractivity contribution in [2.24, 2.45) is 0 Å². The van der Waals surface area contributed by atoms with E-state index in [1.165, 1.54) is 36.4 Å². The fraction of sp³-hybridized carbons (Fsp3) is 0.200. The van der Waals surface area contributed by atoms with E-state index in [0.29, 0.717) is 16.9 Å². The second-order valence-electron chi connectivity index (χ2n) is 4.89. The van der Waals surface area contributed by atoms with Gasteiger partial charge in [0.15, 0.2) is 0 Å². The van der Waals surface area contributed by atoms with E-state index >= 15 is 0 Å². The molecule has 0 aliphatic carbocycles. The van der Waals surface area contributed by atoms with Gasteiger partial charge in [-0.05, 0) is 24.1 Å². The standard InChI is InChI=1S/C15H14N2O6/c1-10-7-13(17(21)22)5-6-15(10)23-9-14(18)11-3-2-4-12(8-11)16(19)20/h2-8,14,18H,9H2,1H3.